The number of allylic oxidation sites excluding steroid dienone is 1. The van der Waals surface area contributed by atoms with Crippen LogP contribution in [0.2, 0.25) is 5.02 Å². The molecule has 246 valence electrons. The number of hydrogen-bond acceptors (Lipinski definition) is 7. The zero-order valence-corrected chi connectivity index (χ0v) is 27.4. The quantitative estimate of drug-likeness (QED) is 0.219. The third-order valence-electron chi connectivity index (χ3n) is 9.11. The van der Waals surface area contributed by atoms with Crippen LogP contribution < -0.4 is 10.2 Å². The van der Waals surface area contributed by atoms with Gasteiger partial charge in [-0.25, -0.2) is 0 Å². The summed E-state index contributed by atoms with van der Waals surface area (Å²) in [5.74, 6) is -3.38. The van der Waals surface area contributed by atoms with Crippen molar-refractivity contribution in [3.05, 3.63) is 54.1 Å². The molecule has 7 atom stereocenters. The Morgan fingerprint density at radius 2 is 2.00 bits per heavy atom. The van der Waals surface area contributed by atoms with E-state index in [0.717, 1.165) is 5.56 Å². The van der Waals surface area contributed by atoms with E-state index in [0.29, 0.717) is 36.4 Å². The number of aryl methyl sites for hydroxylation is 1. The number of anilines is 1. The van der Waals surface area contributed by atoms with Gasteiger partial charge in [-0.3, -0.25) is 19.2 Å². The Hall–Kier alpha value is -3.21. The van der Waals surface area contributed by atoms with E-state index in [1.807, 2.05) is 26.8 Å². The Bertz CT molecular complexity index is 1300. The third kappa shape index (κ3) is 6.69. The Morgan fingerprint density at radius 3 is 2.62 bits per heavy atom. The van der Waals surface area contributed by atoms with Gasteiger partial charge in [0.25, 0.3) is 5.91 Å². The lowest BCUT2D eigenvalue weighted by Gasteiger charge is -2.40. The van der Waals surface area contributed by atoms with Gasteiger partial charge in [-0.15, -0.1) is 13.2 Å². The molecule has 4 rings (SSSR count). The van der Waals surface area contributed by atoms with E-state index in [1.54, 1.807) is 31.2 Å². The first kappa shape index (κ1) is 34.7. The Balaban J connectivity index is 1.70. The smallest absolute Gasteiger partial charge is 0.312 e. The topological polar surface area (TPSA) is 125 Å². The number of hydrogen-bond donors (Lipinski definition) is 2. The second-order valence-electron chi connectivity index (χ2n) is 12.8. The Kier molecular flexibility index (Phi) is 11.2. The van der Waals surface area contributed by atoms with E-state index in [1.165, 1.54) is 9.80 Å². The SMILES string of the molecule is C=CCCC(=O)NC[C@@H](C)OC(=O)[C@@H]1[C@H]2C(=O)N([C@@H](CO)CC(C)C)[C@H](C(=O)N(CC=C)c3c(C)cccc3Cl)[C@]23CC[C@H]1O3. The zero-order valence-electron chi connectivity index (χ0n) is 26.7. The van der Waals surface area contributed by atoms with Gasteiger partial charge < -0.3 is 29.7 Å². The van der Waals surface area contributed by atoms with Crippen LogP contribution in [0.3, 0.4) is 0 Å². The van der Waals surface area contributed by atoms with Crippen LogP contribution in [-0.2, 0) is 28.7 Å². The van der Waals surface area contributed by atoms with Gasteiger partial charge in [0.2, 0.25) is 11.8 Å². The Morgan fingerprint density at radius 1 is 1.27 bits per heavy atom. The third-order valence-corrected chi connectivity index (χ3v) is 9.41. The molecule has 1 spiro atoms. The first-order valence-corrected chi connectivity index (χ1v) is 16.2. The number of para-hydroxylation sites is 1. The summed E-state index contributed by atoms with van der Waals surface area (Å²) in [7, 11) is 0. The maximum atomic E-state index is 14.8. The zero-order chi connectivity index (χ0) is 33.1. The second kappa shape index (κ2) is 14.5. The lowest BCUT2D eigenvalue weighted by Crippen LogP contribution is -2.59. The molecule has 3 saturated heterocycles. The van der Waals surface area contributed by atoms with E-state index in [-0.39, 0.29) is 37.9 Å². The number of nitrogens with zero attached hydrogens (tertiary/aromatic N) is 2. The molecule has 45 heavy (non-hydrogen) atoms. The minimum Gasteiger partial charge on any atom is -0.460 e. The van der Waals surface area contributed by atoms with E-state index in [4.69, 9.17) is 21.1 Å². The molecule has 3 amide bonds. The fourth-order valence-corrected chi connectivity index (χ4v) is 7.61. The summed E-state index contributed by atoms with van der Waals surface area (Å²) >= 11 is 6.63. The summed E-state index contributed by atoms with van der Waals surface area (Å²) in [5.41, 5.74) is -0.00994. The fourth-order valence-electron chi connectivity index (χ4n) is 7.28. The lowest BCUT2D eigenvalue weighted by atomic mass is 9.70. The van der Waals surface area contributed by atoms with Gasteiger partial charge in [0.05, 0.1) is 47.8 Å². The van der Waals surface area contributed by atoms with Crippen molar-refractivity contribution < 1.29 is 33.8 Å². The number of fused-ring (bicyclic) bond motifs is 1. The highest BCUT2D eigenvalue weighted by Crippen LogP contribution is 2.59. The number of aliphatic hydroxyl groups excluding tert-OH is 1. The molecule has 3 fully saturated rings. The predicted octanol–water partition coefficient (Wildman–Crippen LogP) is 3.96. The number of benzene rings is 1. The van der Waals surface area contributed by atoms with Gasteiger partial charge in [0, 0.05) is 13.0 Å². The minimum absolute atomic E-state index is 0.110. The summed E-state index contributed by atoms with van der Waals surface area (Å²) in [4.78, 5) is 58.1. The molecule has 1 aromatic rings. The van der Waals surface area contributed by atoms with E-state index in [2.05, 4.69) is 18.5 Å². The van der Waals surface area contributed by atoms with Gasteiger partial charge in [-0.1, -0.05) is 49.7 Å². The number of likely N-dealkylation sites (tertiary alicyclic amines) is 1. The largest absolute Gasteiger partial charge is 0.460 e. The van der Waals surface area contributed by atoms with Crippen molar-refractivity contribution in [1.29, 1.82) is 0 Å². The summed E-state index contributed by atoms with van der Waals surface area (Å²) in [6, 6.07) is 3.58. The van der Waals surface area contributed by atoms with Crippen LogP contribution in [-0.4, -0.2) is 83.3 Å². The maximum Gasteiger partial charge on any atom is 0.312 e. The number of aliphatic hydroxyl groups is 1. The van der Waals surface area contributed by atoms with Crippen molar-refractivity contribution in [2.24, 2.45) is 17.8 Å². The number of carbonyl (C=O) groups excluding carboxylic acids is 4. The van der Waals surface area contributed by atoms with Crippen molar-refractivity contribution in [2.45, 2.75) is 89.7 Å². The number of esters is 1. The molecule has 1 aromatic carbocycles. The molecule has 3 heterocycles. The van der Waals surface area contributed by atoms with Gasteiger partial charge in [-0.05, 0) is 57.1 Å². The molecule has 0 aliphatic carbocycles. The Labute approximate surface area is 270 Å². The van der Waals surface area contributed by atoms with Crippen molar-refractivity contribution >= 4 is 41.0 Å². The van der Waals surface area contributed by atoms with Crippen molar-refractivity contribution in [3.63, 3.8) is 0 Å². The molecular weight excluding hydrogens is 598 g/mol. The summed E-state index contributed by atoms with van der Waals surface area (Å²) in [6.45, 7) is 14.8. The summed E-state index contributed by atoms with van der Waals surface area (Å²) in [5, 5.41) is 13.7. The van der Waals surface area contributed by atoms with Gasteiger partial charge in [0.1, 0.15) is 17.7 Å². The van der Waals surface area contributed by atoms with E-state index < -0.39 is 59.5 Å². The minimum atomic E-state index is -1.29. The standard InChI is InChI=1S/C34H46ClN3O7/c1-7-9-13-26(40)36-18-22(6)44-33(43)27-25-14-15-34(45-25)28(27)31(41)38(23(19-39)17-20(3)4)30(34)32(42)37(16-8-2)29-21(5)11-10-12-24(29)35/h7-8,10-12,20,22-23,25,27-28,30,39H,1-2,9,13-19H2,3-6H3,(H,36,40)/t22-,23-,25-,27+,28+,30-,34+/m1/s1. The number of rotatable bonds is 15. The molecule has 0 aromatic heterocycles. The van der Waals surface area contributed by atoms with E-state index in [9.17, 15) is 24.3 Å². The van der Waals surface area contributed by atoms with Gasteiger partial charge >= 0.3 is 5.97 Å². The van der Waals surface area contributed by atoms with Crippen molar-refractivity contribution in [1.82, 2.24) is 10.2 Å². The number of amides is 3. The molecular formula is C34H46ClN3O7. The first-order valence-electron chi connectivity index (χ1n) is 15.8. The molecule has 2 N–H and O–H groups in total. The number of halogens is 1. The van der Waals surface area contributed by atoms with Crippen molar-refractivity contribution in [3.8, 4) is 0 Å². The normalized spacial score (nSPS) is 26.4. The highest BCUT2D eigenvalue weighted by atomic mass is 35.5. The fraction of sp³-hybridized carbons (Fsp3) is 0.588. The van der Waals surface area contributed by atoms with Gasteiger partial charge in [-0.2, -0.15) is 0 Å². The van der Waals surface area contributed by atoms with E-state index >= 15 is 0 Å². The highest BCUT2D eigenvalue weighted by molar-refractivity contribution is 6.34. The van der Waals surface area contributed by atoms with Crippen LogP contribution in [0.1, 0.15) is 58.4 Å². The molecule has 11 heteroatoms. The first-order chi connectivity index (χ1) is 21.4. The van der Waals surface area contributed by atoms with Crippen LogP contribution in [0.5, 0.6) is 0 Å². The van der Waals surface area contributed by atoms with Crippen LogP contribution in [0.25, 0.3) is 0 Å². The number of nitrogens with one attached hydrogen (secondary N) is 1. The lowest BCUT2D eigenvalue weighted by molar-refractivity contribution is -0.159. The average Bonchev–Trinajstić information content (AvgIpc) is 3.64. The van der Waals surface area contributed by atoms with Gasteiger partial charge in [0.15, 0.2) is 0 Å². The number of ether oxygens (including phenoxy) is 2. The average molecular weight is 644 g/mol. The molecule has 0 saturated carbocycles. The molecule has 0 radical (unpaired) electrons. The number of carbonyl (C=O) groups is 4. The van der Waals surface area contributed by atoms with Crippen LogP contribution in [0.4, 0.5) is 5.69 Å². The second-order valence-corrected chi connectivity index (χ2v) is 13.2. The van der Waals surface area contributed by atoms with Crippen molar-refractivity contribution in [2.75, 3.05) is 24.6 Å². The summed E-state index contributed by atoms with van der Waals surface area (Å²) < 4.78 is 12.3. The predicted molar refractivity (Wildman–Crippen MR) is 172 cm³/mol. The van der Waals surface area contributed by atoms with Crippen LogP contribution >= 0.6 is 11.6 Å². The monoisotopic (exact) mass is 643 g/mol. The molecule has 0 unspecified atom stereocenters. The molecule has 10 nitrogen and oxygen atoms in total. The highest BCUT2D eigenvalue weighted by Gasteiger charge is 2.75. The maximum absolute atomic E-state index is 14.8. The molecule has 3 aliphatic rings. The van der Waals surface area contributed by atoms with Crippen LogP contribution in [0, 0.1) is 24.7 Å². The molecule has 3 aliphatic heterocycles. The summed E-state index contributed by atoms with van der Waals surface area (Å²) in [6.07, 6.45) is 4.12. The van der Waals surface area contributed by atoms with Crippen LogP contribution in [0.15, 0.2) is 43.5 Å². The molecule has 2 bridgehead atoms.